The van der Waals surface area contributed by atoms with Gasteiger partial charge in [0.1, 0.15) is 11.9 Å². The number of fused-ring (bicyclic) bond motifs is 1. The zero-order valence-corrected chi connectivity index (χ0v) is 11.7. The fourth-order valence-electron chi connectivity index (χ4n) is 2.41. The first kappa shape index (κ1) is 12.8. The highest BCUT2D eigenvalue weighted by molar-refractivity contribution is 6.35. The Kier molecular flexibility index (Phi) is 3.40. The quantitative estimate of drug-likeness (QED) is 0.911. The summed E-state index contributed by atoms with van der Waals surface area (Å²) in [4.78, 5) is 0. The predicted octanol–water partition coefficient (Wildman–Crippen LogP) is 3.92. The van der Waals surface area contributed by atoms with E-state index in [9.17, 15) is 0 Å². The molecule has 0 amide bonds. The van der Waals surface area contributed by atoms with Gasteiger partial charge in [0.25, 0.3) is 0 Å². The van der Waals surface area contributed by atoms with Crippen LogP contribution >= 0.6 is 23.2 Å². The number of nitrogens with two attached hydrogens (primary N) is 1. The number of ether oxygens (including phenoxy) is 1. The second-order valence-corrected chi connectivity index (χ2v) is 5.50. The molecular weight excluding hydrogens is 281 g/mol. The highest BCUT2D eigenvalue weighted by Crippen LogP contribution is 2.40. The summed E-state index contributed by atoms with van der Waals surface area (Å²) in [5.74, 6) is 0.899. The molecule has 1 heterocycles. The molecule has 98 valence electrons. The normalized spacial score (nSPS) is 17.1. The first-order valence-corrected chi connectivity index (χ1v) is 6.88. The van der Waals surface area contributed by atoms with Crippen LogP contribution in [0.3, 0.4) is 0 Å². The van der Waals surface area contributed by atoms with Crippen molar-refractivity contribution in [2.24, 2.45) is 5.73 Å². The third-order valence-corrected chi connectivity index (χ3v) is 3.70. The first-order chi connectivity index (χ1) is 9.17. The molecule has 1 atom stereocenters. The van der Waals surface area contributed by atoms with Gasteiger partial charge in [0.05, 0.1) is 0 Å². The molecule has 1 unspecified atom stereocenters. The fourth-order valence-corrected chi connectivity index (χ4v) is 2.93. The molecular formula is C15H13Cl2NO. The second kappa shape index (κ2) is 5.04. The number of para-hydroxylation sites is 1. The molecule has 0 saturated heterocycles. The van der Waals surface area contributed by atoms with E-state index in [0.717, 1.165) is 23.3 Å². The minimum atomic E-state index is 0.0609. The van der Waals surface area contributed by atoms with Crippen LogP contribution in [0.2, 0.25) is 10.0 Å². The van der Waals surface area contributed by atoms with Crippen LogP contribution < -0.4 is 10.5 Å². The van der Waals surface area contributed by atoms with Crippen molar-refractivity contribution in [1.82, 2.24) is 0 Å². The lowest BCUT2D eigenvalue weighted by Gasteiger charge is -2.11. The van der Waals surface area contributed by atoms with Crippen molar-refractivity contribution in [3.05, 3.63) is 52.0 Å². The zero-order valence-electron chi connectivity index (χ0n) is 10.2. The number of rotatable bonds is 2. The summed E-state index contributed by atoms with van der Waals surface area (Å²) >= 11 is 12.1. The lowest BCUT2D eigenvalue weighted by molar-refractivity contribution is 0.242. The minimum absolute atomic E-state index is 0.0609. The zero-order chi connectivity index (χ0) is 13.4. The van der Waals surface area contributed by atoms with Crippen molar-refractivity contribution >= 4 is 23.2 Å². The molecule has 0 saturated carbocycles. The van der Waals surface area contributed by atoms with Gasteiger partial charge in [-0.1, -0.05) is 41.4 Å². The van der Waals surface area contributed by atoms with Gasteiger partial charge in [0.2, 0.25) is 0 Å². The van der Waals surface area contributed by atoms with E-state index < -0.39 is 0 Å². The summed E-state index contributed by atoms with van der Waals surface area (Å²) in [6.45, 7) is 0.518. The van der Waals surface area contributed by atoms with Crippen LogP contribution in [0.25, 0.3) is 11.1 Å². The van der Waals surface area contributed by atoms with Gasteiger partial charge in [-0.25, -0.2) is 0 Å². The number of benzene rings is 2. The van der Waals surface area contributed by atoms with Crippen molar-refractivity contribution < 1.29 is 4.74 Å². The molecule has 1 aliphatic rings. The molecule has 4 heteroatoms. The van der Waals surface area contributed by atoms with Gasteiger partial charge in [0, 0.05) is 28.6 Å². The topological polar surface area (TPSA) is 35.2 Å². The van der Waals surface area contributed by atoms with Crippen molar-refractivity contribution in [2.75, 3.05) is 6.54 Å². The molecule has 19 heavy (non-hydrogen) atoms. The Labute approximate surface area is 122 Å². The minimum Gasteiger partial charge on any atom is -0.488 e. The van der Waals surface area contributed by atoms with Crippen LogP contribution in [-0.4, -0.2) is 12.6 Å². The van der Waals surface area contributed by atoms with Gasteiger partial charge in [-0.05, 0) is 29.3 Å². The Bertz CT molecular complexity index is 607. The Morgan fingerprint density at radius 2 is 1.89 bits per heavy atom. The van der Waals surface area contributed by atoms with Crippen LogP contribution in [0.1, 0.15) is 5.56 Å². The highest BCUT2D eigenvalue weighted by atomic mass is 35.5. The molecule has 0 bridgehead atoms. The highest BCUT2D eigenvalue weighted by Gasteiger charge is 2.24. The van der Waals surface area contributed by atoms with Crippen LogP contribution in [0, 0.1) is 0 Å². The Morgan fingerprint density at radius 3 is 2.58 bits per heavy atom. The summed E-state index contributed by atoms with van der Waals surface area (Å²) in [6.07, 6.45) is 0.916. The van der Waals surface area contributed by atoms with Gasteiger partial charge < -0.3 is 10.5 Å². The number of hydrogen-bond acceptors (Lipinski definition) is 2. The van der Waals surface area contributed by atoms with Crippen molar-refractivity contribution in [3.8, 4) is 16.9 Å². The molecule has 0 spiro atoms. The van der Waals surface area contributed by atoms with Crippen molar-refractivity contribution in [2.45, 2.75) is 12.5 Å². The van der Waals surface area contributed by atoms with Gasteiger partial charge in [-0.2, -0.15) is 0 Å². The van der Waals surface area contributed by atoms with Crippen LogP contribution in [0.5, 0.6) is 5.75 Å². The Balaban J connectivity index is 2.10. The van der Waals surface area contributed by atoms with Gasteiger partial charge in [-0.15, -0.1) is 0 Å². The fraction of sp³-hybridized carbons (Fsp3) is 0.200. The summed E-state index contributed by atoms with van der Waals surface area (Å²) in [7, 11) is 0. The van der Waals surface area contributed by atoms with Crippen molar-refractivity contribution in [1.29, 1.82) is 0 Å². The van der Waals surface area contributed by atoms with E-state index in [1.807, 2.05) is 24.3 Å². The van der Waals surface area contributed by atoms with Gasteiger partial charge >= 0.3 is 0 Å². The maximum atomic E-state index is 6.06. The third kappa shape index (κ3) is 2.44. The van der Waals surface area contributed by atoms with E-state index in [2.05, 4.69) is 6.07 Å². The third-order valence-electron chi connectivity index (χ3n) is 3.27. The lowest BCUT2D eigenvalue weighted by Crippen LogP contribution is -2.24. The average molecular weight is 294 g/mol. The van der Waals surface area contributed by atoms with E-state index in [0.29, 0.717) is 16.6 Å². The van der Waals surface area contributed by atoms with E-state index in [-0.39, 0.29) is 6.10 Å². The number of hydrogen-bond donors (Lipinski definition) is 1. The summed E-state index contributed by atoms with van der Waals surface area (Å²) in [6, 6.07) is 11.6. The lowest BCUT2D eigenvalue weighted by atomic mass is 10.0. The Morgan fingerprint density at radius 1 is 1.16 bits per heavy atom. The van der Waals surface area contributed by atoms with Crippen LogP contribution in [0.15, 0.2) is 36.4 Å². The smallest absolute Gasteiger partial charge is 0.130 e. The molecule has 2 nitrogen and oxygen atoms in total. The molecule has 2 N–H and O–H groups in total. The molecule has 1 aliphatic heterocycles. The molecule has 0 fully saturated rings. The van der Waals surface area contributed by atoms with Gasteiger partial charge in [0.15, 0.2) is 0 Å². The Hall–Kier alpha value is -1.22. The van der Waals surface area contributed by atoms with Crippen LogP contribution in [-0.2, 0) is 6.42 Å². The predicted molar refractivity (Wildman–Crippen MR) is 79.1 cm³/mol. The van der Waals surface area contributed by atoms with Gasteiger partial charge in [-0.3, -0.25) is 0 Å². The molecule has 0 radical (unpaired) electrons. The van der Waals surface area contributed by atoms with E-state index >= 15 is 0 Å². The molecule has 0 aromatic heterocycles. The summed E-state index contributed by atoms with van der Waals surface area (Å²) in [5.41, 5.74) is 8.84. The second-order valence-electron chi connectivity index (χ2n) is 4.63. The molecule has 3 rings (SSSR count). The molecule has 2 aromatic carbocycles. The summed E-state index contributed by atoms with van der Waals surface area (Å²) in [5, 5.41) is 1.24. The van der Waals surface area contributed by atoms with Crippen LogP contribution in [0.4, 0.5) is 0 Å². The van der Waals surface area contributed by atoms with Crippen molar-refractivity contribution in [3.63, 3.8) is 0 Å². The maximum Gasteiger partial charge on any atom is 0.130 e. The standard InChI is InChI=1S/C15H13Cl2NO/c16-11-4-10(5-12(17)7-11)14-3-1-2-9-6-13(8-18)19-15(9)14/h1-5,7,13H,6,8,18H2. The number of halogens is 2. The van der Waals surface area contributed by atoms with E-state index in [4.69, 9.17) is 33.7 Å². The SMILES string of the molecule is NCC1Cc2cccc(-c3cc(Cl)cc(Cl)c3)c2O1. The largest absolute Gasteiger partial charge is 0.488 e. The maximum absolute atomic E-state index is 6.06. The summed E-state index contributed by atoms with van der Waals surface area (Å²) < 4.78 is 5.91. The van der Waals surface area contributed by atoms with E-state index in [1.54, 1.807) is 6.07 Å². The monoisotopic (exact) mass is 293 g/mol. The average Bonchev–Trinajstić information content (AvgIpc) is 2.80. The first-order valence-electron chi connectivity index (χ1n) is 6.12. The molecule has 0 aliphatic carbocycles. The molecule has 2 aromatic rings. The van der Waals surface area contributed by atoms with E-state index in [1.165, 1.54) is 5.56 Å².